The SMILES string of the molecule is O=C(c1ccc(-c2cccc(F)c2)[nH]c1=O)N1CCCC1. The van der Waals surface area contributed by atoms with Crippen molar-refractivity contribution in [2.24, 2.45) is 0 Å². The van der Waals surface area contributed by atoms with Gasteiger partial charge in [-0.05, 0) is 37.1 Å². The van der Waals surface area contributed by atoms with E-state index in [0.717, 1.165) is 12.8 Å². The molecule has 1 N–H and O–H groups in total. The van der Waals surface area contributed by atoms with Gasteiger partial charge in [-0.2, -0.15) is 0 Å². The summed E-state index contributed by atoms with van der Waals surface area (Å²) in [6.07, 6.45) is 1.95. The lowest BCUT2D eigenvalue weighted by Crippen LogP contribution is -2.32. The minimum absolute atomic E-state index is 0.136. The number of halogens is 1. The molecule has 1 aliphatic heterocycles. The van der Waals surface area contributed by atoms with Gasteiger partial charge in [-0.3, -0.25) is 9.59 Å². The molecule has 0 saturated carbocycles. The van der Waals surface area contributed by atoms with Crippen LogP contribution in [0.5, 0.6) is 0 Å². The maximum Gasteiger partial charge on any atom is 0.261 e. The molecule has 0 aliphatic carbocycles. The largest absolute Gasteiger partial charge is 0.338 e. The minimum Gasteiger partial charge on any atom is -0.338 e. The number of pyridine rings is 1. The lowest BCUT2D eigenvalue weighted by atomic mass is 10.1. The maximum absolute atomic E-state index is 13.2. The van der Waals surface area contributed by atoms with Crippen LogP contribution in [-0.4, -0.2) is 28.9 Å². The number of hydrogen-bond acceptors (Lipinski definition) is 2. The Kier molecular flexibility index (Phi) is 3.56. The molecule has 1 aromatic heterocycles. The molecule has 3 rings (SSSR count). The van der Waals surface area contributed by atoms with Crippen LogP contribution in [0, 0.1) is 5.82 Å². The van der Waals surface area contributed by atoms with Crippen molar-refractivity contribution in [2.75, 3.05) is 13.1 Å². The molecule has 5 heteroatoms. The summed E-state index contributed by atoms with van der Waals surface area (Å²) in [4.78, 5) is 28.7. The summed E-state index contributed by atoms with van der Waals surface area (Å²) in [5.41, 5.74) is 0.774. The number of benzene rings is 1. The van der Waals surface area contributed by atoms with Gasteiger partial charge in [-0.25, -0.2) is 4.39 Å². The fourth-order valence-electron chi connectivity index (χ4n) is 2.56. The van der Waals surface area contributed by atoms with Crippen molar-refractivity contribution in [1.82, 2.24) is 9.88 Å². The number of H-pyrrole nitrogens is 1. The van der Waals surface area contributed by atoms with Gasteiger partial charge in [0.25, 0.3) is 11.5 Å². The van der Waals surface area contributed by atoms with Crippen LogP contribution in [0.25, 0.3) is 11.3 Å². The van der Waals surface area contributed by atoms with Crippen molar-refractivity contribution < 1.29 is 9.18 Å². The maximum atomic E-state index is 13.2. The first-order valence-corrected chi connectivity index (χ1v) is 6.94. The predicted molar refractivity (Wildman–Crippen MR) is 77.6 cm³/mol. The molecule has 1 fully saturated rings. The first kappa shape index (κ1) is 13.5. The number of carbonyl (C=O) groups is 1. The van der Waals surface area contributed by atoms with Crippen molar-refractivity contribution in [2.45, 2.75) is 12.8 Å². The van der Waals surface area contributed by atoms with Crippen LogP contribution in [0.15, 0.2) is 41.2 Å². The molecule has 1 aliphatic rings. The lowest BCUT2D eigenvalue weighted by molar-refractivity contribution is 0.0791. The first-order valence-electron chi connectivity index (χ1n) is 6.94. The summed E-state index contributed by atoms with van der Waals surface area (Å²) in [6.45, 7) is 1.40. The predicted octanol–water partition coefficient (Wildman–Crippen LogP) is 2.42. The van der Waals surface area contributed by atoms with Crippen LogP contribution in [0.4, 0.5) is 4.39 Å². The third-order valence-electron chi connectivity index (χ3n) is 3.67. The van der Waals surface area contributed by atoms with Gasteiger partial charge in [0, 0.05) is 24.3 Å². The van der Waals surface area contributed by atoms with Gasteiger partial charge < -0.3 is 9.88 Å². The summed E-state index contributed by atoms with van der Waals surface area (Å²) in [5.74, 6) is -0.606. The van der Waals surface area contributed by atoms with Gasteiger partial charge >= 0.3 is 0 Å². The lowest BCUT2D eigenvalue weighted by Gasteiger charge is -2.14. The molecule has 0 unspecified atom stereocenters. The van der Waals surface area contributed by atoms with Crippen LogP contribution in [-0.2, 0) is 0 Å². The Labute approximate surface area is 121 Å². The zero-order valence-electron chi connectivity index (χ0n) is 11.4. The van der Waals surface area contributed by atoms with E-state index in [1.54, 1.807) is 23.1 Å². The Morgan fingerprint density at radius 1 is 1.14 bits per heavy atom. The summed E-state index contributed by atoms with van der Waals surface area (Å²) >= 11 is 0. The molecule has 1 amide bonds. The molecule has 0 atom stereocenters. The topological polar surface area (TPSA) is 53.2 Å². The summed E-state index contributed by atoms with van der Waals surface area (Å²) in [6, 6.07) is 9.11. The molecule has 1 aromatic carbocycles. The van der Waals surface area contributed by atoms with E-state index >= 15 is 0 Å². The zero-order chi connectivity index (χ0) is 14.8. The fourth-order valence-corrected chi connectivity index (χ4v) is 2.56. The van der Waals surface area contributed by atoms with Crippen LogP contribution in [0.2, 0.25) is 0 Å². The van der Waals surface area contributed by atoms with E-state index in [0.29, 0.717) is 24.3 Å². The quantitative estimate of drug-likeness (QED) is 0.921. The van der Waals surface area contributed by atoms with Crippen molar-refractivity contribution in [3.8, 4) is 11.3 Å². The Morgan fingerprint density at radius 2 is 1.90 bits per heavy atom. The van der Waals surface area contributed by atoms with Gasteiger partial charge in [-0.1, -0.05) is 12.1 Å². The number of aromatic nitrogens is 1. The molecule has 2 aromatic rings. The van der Waals surface area contributed by atoms with E-state index in [2.05, 4.69) is 4.98 Å². The van der Waals surface area contributed by atoms with E-state index in [1.165, 1.54) is 18.2 Å². The van der Waals surface area contributed by atoms with Gasteiger partial charge in [0.2, 0.25) is 0 Å². The number of amides is 1. The molecule has 108 valence electrons. The summed E-state index contributed by atoms with van der Waals surface area (Å²) in [5, 5.41) is 0. The highest BCUT2D eigenvalue weighted by Gasteiger charge is 2.21. The van der Waals surface area contributed by atoms with Crippen molar-refractivity contribution in [1.29, 1.82) is 0 Å². The number of hydrogen-bond donors (Lipinski definition) is 1. The summed E-state index contributed by atoms with van der Waals surface area (Å²) in [7, 11) is 0. The number of rotatable bonds is 2. The molecule has 2 heterocycles. The average Bonchev–Trinajstić information content (AvgIpc) is 3.00. The second kappa shape index (κ2) is 5.52. The Hall–Kier alpha value is -2.43. The van der Waals surface area contributed by atoms with Gasteiger partial charge in [0.15, 0.2) is 0 Å². The van der Waals surface area contributed by atoms with Gasteiger partial charge in [-0.15, -0.1) is 0 Å². The number of nitrogens with zero attached hydrogens (tertiary/aromatic N) is 1. The molecule has 21 heavy (non-hydrogen) atoms. The molecule has 0 radical (unpaired) electrons. The molecule has 0 spiro atoms. The highest BCUT2D eigenvalue weighted by Crippen LogP contribution is 2.17. The molecule has 0 bridgehead atoms. The number of nitrogens with one attached hydrogen (secondary N) is 1. The molecule has 4 nitrogen and oxygen atoms in total. The van der Waals surface area contributed by atoms with Crippen LogP contribution >= 0.6 is 0 Å². The Bertz CT molecular complexity index is 733. The third-order valence-corrected chi connectivity index (χ3v) is 3.67. The number of carbonyl (C=O) groups excluding carboxylic acids is 1. The zero-order valence-corrected chi connectivity index (χ0v) is 11.4. The second-order valence-corrected chi connectivity index (χ2v) is 5.12. The molecular formula is C16H15FN2O2. The van der Waals surface area contributed by atoms with Crippen LogP contribution < -0.4 is 5.56 Å². The third kappa shape index (κ3) is 2.72. The number of likely N-dealkylation sites (tertiary alicyclic amines) is 1. The smallest absolute Gasteiger partial charge is 0.261 e. The summed E-state index contributed by atoms with van der Waals surface area (Å²) < 4.78 is 13.2. The van der Waals surface area contributed by atoms with E-state index in [4.69, 9.17) is 0 Å². The van der Waals surface area contributed by atoms with E-state index in [1.807, 2.05) is 0 Å². The molecular weight excluding hydrogens is 271 g/mol. The Balaban J connectivity index is 1.93. The molecule has 1 saturated heterocycles. The highest BCUT2D eigenvalue weighted by molar-refractivity contribution is 5.94. The van der Waals surface area contributed by atoms with Crippen molar-refractivity contribution >= 4 is 5.91 Å². The van der Waals surface area contributed by atoms with E-state index < -0.39 is 5.56 Å². The number of aromatic amines is 1. The van der Waals surface area contributed by atoms with Gasteiger partial charge in [0.1, 0.15) is 11.4 Å². The minimum atomic E-state index is -0.436. The first-order chi connectivity index (χ1) is 10.1. The van der Waals surface area contributed by atoms with Crippen LogP contribution in [0.1, 0.15) is 23.2 Å². The fraction of sp³-hybridized carbons (Fsp3) is 0.250. The van der Waals surface area contributed by atoms with Gasteiger partial charge in [0.05, 0.1) is 0 Å². The van der Waals surface area contributed by atoms with Crippen molar-refractivity contribution in [3.63, 3.8) is 0 Å². The monoisotopic (exact) mass is 286 g/mol. The van der Waals surface area contributed by atoms with E-state index in [9.17, 15) is 14.0 Å². The highest BCUT2D eigenvalue weighted by atomic mass is 19.1. The average molecular weight is 286 g/mol. The Morgan fingerprint density at radius 3 is 2.57 bits per heavy atom. The normalized spacial score (nSPS) is 14.4. The standard InChI is InChI=1S/C16H15FN2O2/c17-12-5-3-4-11(10-12)14-7-6-13(15(20)18-14)16(21)19-8-1-2-9-19/h3-7,10H,1-2,8-9H2,(H,18,20). The second-order valence-electron chi connectivity index (χ2n) is 5.12. The van der Waals surface area contributed by atoms with Crippen LogP contribution in [0.3, 0.4) is 0 Å². The van der Waals surface area contributed by atoms with E-state index in [-0.39, 0.29) is 17.3 Å². The van der Waals surface area contributed by atoms with Crippen molar-refractivity contribution in [3.05, 3.63) is 58.1 Å².